The summed E-state index contributed by atoms with van der Waals surface area (Å²) in [5, 5.41) is 47.2. The van der Waals surface area contributed by atoms with Crippen molar-refractivity contribution in [1.82, 2.24) is 20.3 Å². The van der Waals surface area contributed by atoms with E-state index < -0.39 is 36.8 Å². The summed E-state index contributed by atoms with van der Waals surface area (Å²) in [7, 11) is 0. The first-order chi connectivity index (χ1) is 22.0. The topological polar surface area (TPSA) is 191 Å². The highest BCUT2D eigenvalue weighted by Gasteiger charge is 2.32. The number of nitriles is 2. The van der Waals surface area contributed by atoms with Crippen LogP contribution in [0.2, 0.25) is 5.15 Å². The van der Waals surface area contributed by atoms with Crippen LogP contribution in [0.3, 0.4) is 0 Å². The van der Waals surface area contributed by atoms with E-state index in [9.17, 15) is 23.4 Å². The lowest BCUT2D eigenvalue weighted by atomic mass is 10.2. The molecule has 6 N–H and O–H groups in total. The molecule has 0 saturated carbocycles. The third-order valence-corrected chi connectivity index (χ3v) is 7.18. The number of nitrogens with zero attached hydrogens (tertiary/aromatic N) is 7. The summed E-state index contributed by atoms with van der Waals surface area (Å²) in [6.45, 7) is 1.99. The van der Waals surface area contributed by atoms with Gasteiger partial charge in [-0.25, -0.2) is 28.1 Å². The fraction of sp³-hybridized carbons (Fsp3) is 0.433. The van der Waals surface area contributed by atoms with Gasteiger partial charge in [0, 0.05) is 51.3 Å². The van der Waals surface area contributed by atoms with E-state index in [1.807, 2.05) is 24.3 Å². The molecule has 47 heavy (non-hydrogen) atoms. The van der Waals surface area contributed by atoms with Crippen LogP contribution in [0.25, 0.3) is 0 Å². The lowest BCUT2D eigenvalue weighted by Crippen LogP contribution is -2.22. The first-order valence-electron chi connectivity index (χ1n) is 14.2. The summed E-state index contributed by atoms with van der Waals surface area (Å²) in [6, 6.07) is 13.9. The molecule has 254 valence electrons. The molecular weight excluding hydrogens is 662 g/mol. The molecule has 3 aromatic rings. The molecule has 6 atom stereocenters. The second kappa shape index (κ2) is 19.8. The van der Waals surface area contributed by atoms with Crippen LogP contribution >= 0.6 is 24.0 Å². The molecule has 3 aliphatic rings. The van der Waals surface area contributed by atoms with Gasteiger partial charge in [0.1, 0.15) is 47.5 Å². The molecule has 0 radical (unpaired) electrons. The van der Waals surface area contributed by atoms with Crippen molar-refractivity contribution in [1.29, 1.82) is 10.5 Å². The number of rotatable bonds is 3. The number of alkyl halides is 3. The summed E-state index contributed by atoms with van der Waals surface area (Å²) < 4.78 is 38.1. The van der Waals surface area contributed by atoms with Crippen LogP contribution in [0.15, 0.2) is 55.0 Å². The second-order valence-electron chi connectivity index (χ2n) is 10.4. The molecule has 6 unspecified atom stereocenters. The van der Waals surface area contributed by atoms with E-state index in [1.165, 1.54) is 18.5 Å². The van der Waals surface area contributed by atoms with Gasteiger partial charge < -0.3 is 36.2 Å². The lowest BCUT2D eigenvalue weighted by Gasteiger charge is -2.16. The van der Waals surface area contributed by atoms with E-state index in [1.54, 1.807) is 34.2 Å². The average molecular weight is 699 g/mol. The van der Waals surface area contributed by atoms with Crippen LogP contribution in [0, 0.1) is 22.7 Å². The Morgan fingerprint density at radius 2 is 1.28 bits per heavy atom. The molecule has 12 nitrogen and oxygen atoms in total. The molecule has 6 rings (SSSR count). The van der Waals surface area contributed by atoms with Crippen molar-refractivity contribution in [3.05, 3.63) is 76.8 Å². The van der Waals surface area contributed by atoms with E-state index in [0.717, 1.165) is 5.56 Å². The van der Waals surface area contributed by atoms with Crippen molar-refractivity contribution in [2.24, 2.45) is 5.73 Å². The van der Waals surface area contributed by atoms with E-state index >= 15 is 0 Å². The quantitative estimate of drug-likeness (QED) is 0.250. The van der Waals surface area contributed by atoms with Crippen molar-refractivity contribution in [3.8, 4) is 12.1 Å². The minimum Gasteiger partial charge on any atom is -0.389 e. The van der Waals surface area contributed by atoms with Gasteiger partial charge in [-0.2, -0.15) is 10.5 Å². The molecule has 0 aromatic carbocycles. The largest absolute Gasteiger partial charge is 0.389 e. The molecule has 3 aliphatic heterocycles. The number of β-amino-alcohol motifs (C(OH)–C–C–N with tert-alkyl or cyclic N) is 3. The van der Waals surface area contributed by atoms with Gasteiger partial charge in [-0.15, -0.1) is 12.4 Å². The molecule has 0 spiro atoms. The fourth-order valence-electron chi connectivity index (χ4n) is 4.39. The van der Waals surface area contributed by atoms with Crippen LogP contribution in [-0.2, 0) is 6.54 Å². The summed E-state index contributed by atoms with van der Waals surface area (Å²) in [5.41, 5.74) is 7.48. The van der Waals surface area contributed by atoms with Gasteiger partial charge in [-0.05, 0) is 42.0 Å². The molecule has 3 saturated heterocycles. The predicted octanol–water partition coefficient (Wildman–Crippen LogP) is 1.85. The monoisotopic (exact) mass is 697 g/mol. The highest BCUT2D eigenvalue weighted by atomic mass is 35.5. The zero-order valence-corrected chi connectivity index (χ0v) is 26.7. The Bertz CT molecular complexity index is 1460. The number of anilines is 2. The average Bonchev–Trinajstić information content (AvgIpc) is 3.74. The van der Waals surface area contributed by atoms with Crippen molar-refractivity contribution < 1.29 is 28.5 Å². The van der Waals surface area contributed by atoms with Crippen molar-refractivity contribution >= 4 is 35.6 Å². The van der Waals surface area contributed by atoms with Gasteiger partial charge in [0.05, 0.1) is 42.5 Å². The third kappa shape index (κ3) is 12.4. The zero-order valence-electron chi connectivity index (χ0n) is 25.1. The van der Waals surface area contributed by atoms with Gasteiger partial charge in [0.15, 0.2) is 0 Å². The highest BCUT2D eigenvalue weighted by molar-refractivity contribution is 6.29. The Balaban J connectivity index is 0.000000226. The van der Waals surface area contributed by atoms with Crippen molar-refractivity contribution in [3.63, 3.8) is 0 Å². The van der Waals surface area contributed by atoms with Crippen LogP contribution in [0.1, 0.15) is 16.7 Å². The fourth-order valence-corrected chi connectivity index (χ4v) is 4.57. The van der Waals surface area contributed by atoms with Crippen molar-refractivity contribution in [2.45, 2.75) is 43.4 Å². The smallest absolute Gasteiger partial charge is 0.145 e. The maximum absolute atomic E-state index is 13.1. The summed E-state index contributed by atoms with van der Waals surface area (Å²) in [6.07, 6.45) is -1.45. The summed E-state index contributed by atoms with van der Waals surface area (Å²) in [4.78, 5) is 15.2. The molecule has 17 heteroatoms. The molecular formula is C30H36Cl2F3N9O3. The Morgan fingerprint density at radius 3 is 1.66 bits per heavy atom. The molecule has 0 bridgehead atoms. The molecule has 3 fully saturated rings. The molecule has 0 aliphatic carbocycles. The number of aromatic nitrogens is 3. The van der Waals surface area contributed by atoms with E-state index in [-0.39, 0.29) is 32.0 Å². The number of hydrogen-bond acceptors (Lipinski definition) is 12. The van der Waals surface area contributed by atoms with Gasteiger partial charge in [0.2, 0.25) is 0 Å². The number of hydrogen-bond donors (Lipinski definition) is 5. The highest BCUT2D eigenvalue weighted by Crippen LogP contribution is 2.22. The Morgan fingerprint density at radius 1 is 0.766 bits per heavy atom. The van der Waals surface area contributed by atoms with Crippen LogP contribution in [0.4, 0.5) is 24.8 Å². The lowest BCUT2D eigenvalue weighted by molar-refractivity contribution is 0.118. The van der Waals surface area contributed by atoms with E-state index in [2.05, 4.69) is 20.3 Å². The standard InChI is InChI=1S/C10H14FN3O.C10H10FN3O.C6H3ClN2.C4H8FNO.ClH/c2*11-8-5-14(6-9(8)15)10-3-7(4-12)1-2-13-10;7-6-3-5(4-8)1-2-9-6;5-3-1-6-2-4(3)7;/h1-3,8-9,15H,4-6,12H2;1-3,8-9,15H,5-6H2;1-3H;3-4,6-7H,1-2H2;1H. The van der Waals surface area contributed by atoms with Gasteiger partial charge in [-0.1, -0.05) is 11.6 Å². The molecule has 6 heterocycles. The van der Waals surface area contributed by atoms with Crippen LogP contribution in [0.5, 0.6) is 0 Å². The van der Waals surface area contributed by atoms with Crippen LogP contribution in [-0.4, -0.2) is 106 Å². The number of nitrogens with one attached hydrogen (secondary N) is 1. The number of nitrogens with two attached hydrogens (primary N) is 1. The molecule has 0 amide bonds. The minimum atomic E-state index is -1.24. The first kappa shape index (κ1) is 39.4. The second-order valence-corrected chi connectivity index (χ2v) is 10.8. The maximum Gasteiger partial charge on any atom is 0.145 e. The molecule has 3 aromatic heterocycles. The summed E-state index contributed by atoms with van der Waals surface area (Å²) in [5.74, 6) is 1.21. The number of halogens is 5. The van der Waals surface area contributed by atoms with Gasteiger partial charge >= 0.3 is 0 Å². The normalized spacial score (nSPS) is 24.2. The minimum absolute atomic E-state index is 0. The Labute approximate surface area is 281 Å². The van der Waals surface area contributed by atoms with E-state index in [4.69, 9.17) is 33.0 Å². The third-order valence-electron chi connectivity index (χ3n) is 6.97. The van der Waals surface area contributed by atoms with Gasteiger partial charge in [-0.3, -0.25) is 0 Å². The Kier molecular flexibility index (Phi) is 16.6. The maximum atomic E-state index is 13.1. The SMILES string of the molecule is Cl.N#Cc1ccnc(Cl)c1.N#Cc1ccnc(N2CC(O)C(F)C2)c1.NCc1ccnc(N2CC(O)C(F)C2)c1.OC1CNCC1F. The first-order valence-corrected chi connectivity index (χ1v) is 14.6. The number of aliphatic hydroxyl groups excluding tert-OH is 3. The van der Waals surface area contributed by atoms with Crippen LogP contribution < -0.4 is 20.9 Å². The number of pyridine rings is 3. The van der Waals surface area contributed by atoms with E-state index in [0.29, 0.717) is 54.1 Å². The summed E-state index contributed by atoms with van der Waals surface area (Å²) >= 11 is 5.46. The zero-order chi connectivity index (χ0) is 33.6. The predicted molar refractivity (Wildman–Crippen MR) is 172 cm³/mol. The van der Waals surface area contributed by atoms with Crippen molar-refractivity contribution in [2.75, 3.05) is 49.1 Å². The number of aliphatic hydroxyl groups is 3. The van der Waals surface area contributed by atoms with Gasteiger partial charge in [0.25, 0.3) is 0 Å². The Hall–Kier alpha value is -3.80.